The highest BCUT2D eigenvalue weighted by Crippen LogP contribution is 2.53. The van der Waals surface area contributed by atoms with Crippen LogP contribution in [0.25, 0.3) is 0 Å². The van der Waals surface area contributed by atoms with E-state index in [0.717, 1.165) is 0 Å². The highest BCUT2D eigenvalue weighted by Gasteiger charge is 2.50. The Morgan fingerprint density at radius 1 is 1.40 bits per heavy atom. The number of non-ortho nitro benzene ring substituents is 1. The van der Waals surface area contributed by atoms with Crippen molar-refractivity contribution in [1.29, 1.82) is 0 Å². The number of benzene rings is 1. The lowest BCUT2D eigenvalue weighted by atomic mass is 9.52. The molecule has 1 aromatic rings. The number of carbonyl (C=O) groups excluding carboxylic acids is 2. The summed E-state index contributed by atoms with van der Waals surface area (Å²) in [6.45, 7) is 5.58. The summed E-state index contributed by atoms with van der Waals surface area (Å²) in [6.07, 6.45) is 0.994. The number of hydrogen-bond acceptors (Lipinski definition) is 5. The summed E-state index contributed by atoms with van der Waals surface area (Å²) >= 11 is 5.08. The van der Waals surface area contributed by atoms with Crippen LogP contribution < -0.4 is 10.6 Å². The van der Waals surface area contributed by atoms with Gasteiger partial charge in [-0.1, -0.05) is 19.9 Å². The van der Waals surface area contributed by atoms with Crippen LogP contribution >= 0.6 is 12.2 Å². The summed E-state index contributed by atoms with van der Waals surface area (Å²) in [5.41, 5.74) is 0.170. The van der Waals surface area contributed by atoms with Crippen molar-refractivity contribution in [2.24, 2.45) is 17.3 Å². The second-order valence-electron chi connectivity index (χ2n) is 6.93. The molecule has 7 nitrogen and oxygen atoms in total. The number of carbonyl (C=O) groups is 2. The van der Waals surface area contributed by atoms with Crippen LogP contribution in [0, 0.1) is 27.4 Å². The SMILES string of the molecule is CC(=O)[C@@H]1C[C@H](CC(=O)NC(=S)Nc2cccc([N+](=O)[O-])c2)C1(C)C. The van der Waals surface area contributed by atoms with Crippen LogP contribution in [0.1, 0.15) is 33.6 Å². The number of ketones is 1. The normalized spacial score (nSPS) is 20.9. The average Bonchev–Trinajstić information content (AvgIpc) is 2.50. The van der Waals surface area contributed by atoms with Crippen LogP contribution in [0.5, 0.6) is 0 Å². The number of nitrogens with zero attached hydrogens (tertiary/aromatic N) is 1. The highest BCUT2D eigenvalue weighted by molar-refractivity contribution is 7.80. The first kappa shape index (κ1) is 19.0. The van der Waals surface area contributed by atoms with E-state index in [4.69, 9.17) is 12.2 Å². The molecule has 0 heterocycles. The summed E-state index contributed by atoms with van der Waals surface area (Å²) < 4.78 is 0. The first-order chi connectivity index (χ1) is 11.6. The van der Waals surface area contributed by atoms with Crippen molar-refractivity contribution in [1.82, 2.24) is 5.32 Å². The minimum absolute atomic E-state index is 0.000226. The smallest absolute Gasteiger partial charge is 0.271 e. The molecule has 2 rings (SSSR count). The van der Waals surface area contributed by atoms with E-state index in [0.29, 0.717) is 12.1 Å². The van der Waals surface area contributed by atoms with Gasteiger partial charge in [-0.15, -0.1) is 0 Å². The van der Waals surface area contributed by atoms with Gasteiger partial charge < -0.3 is 10.6 Å². The van der Waals surface area contributed by atoms with E-state index in [1.807, 2.05) is 13.8 Å². The Balaban J connectivity index is 1.87. The Kier molecular flexibility index (Phi) is 5.52. The number of rotatable bonds is 5. The number of anilines is 1. The number of thiocarbonyl (C=S) groups is 1. The molecule has 1 saturated carbocycles. The predicted molar refractivity (Wildman–Crippen MR) is 98.1 cm³/mol. The molecule has 1 aromatic carbocycles. The molecule has 0 aromatic heterocycles. The quantitative estimate of drug-likeness (QED) is 0.474. The van der Waals surface area contributed by atoms with Gasteiger partial charge in [0.2, 0.25) is 5.91 Å². The van der Waals surface area contributed by atoms with Gasteiger partial charge in [-0.3, -0.25) is 19.7 Å². The van der Waals surface area contributed by atoms with Gasteiger partial charge >= 0.3 is 0 Å². The highest BCUT2D eigenvalue weighted by atomic mass is 32.1. The lowest BCUT2D eigenvalue weighted by Gasteiger charge is -2.51. The van der Waals surface area contributed by atoms with Crippen LogP contribution in [-0.4, -0.2) is 21.7 Å². The Labute approximate surface area is 151 Å². The number of hydrogen-bond donors (Lipinski definition) is 2. The van der Waals surface area contributed by atoms with E-state index >= 15 is 0 Å². The number of amides is 1. The minimum atomic E-state index is -0.503. The van der Waals surface area contributed by atoms with Crippen LogP contribution in [0.15, 0.2) is 24.3 Å². The van der Waals surface area contributed by atoms with Crippen molar-refractivity contribution >= 4 is 40.4 Å². The van der Waals surface area contributed by atoms with Gasteiger partial charge in [-0.2, -0.15) is 0 Å². The van der Waals surface area contributed by atoms with Gasteiger partial charge in [0.25, 0.3) is 5.69 Å². The van der Waals surface area contributed by atoms with E-state index in [-0.39, 0.29) is 46.2 Å². The number of nitrogens with one attached hydrogen (secondary N) is 2. The van der Waals surface area contributed by atoms with Gasteiger partial charge in [0, 0.05) is 30.2 Å². The summed E-state index contributed by atoms with van der Waals surface area (Å²) in [5, 5.41) is 16.2. The standard InChI is InChI=1S/C17H21N3O4S/c1-10(21)14-7-11(17(14,2)3)8-15(22)19-16(25)18-12-5-4-6-13(9-12)20(23)24/h4-6,9,11,14H,7-8H2,1-3H3,(H2,18,19,22,25)/t11-,14+/m1/s1. The molecule has 0 bridgehead atoms. The fraction of sp³-hybridized carbons (Fsp3) is 0.471. The van der Waals surface area contributed by atoms with Crippen molar-refractivity contribution in [2.75, 3.05) is 5.32 Å². The first-order valence-corrected chi connectivity index (χ1v) is 8.38. The van der Waals surface area contributed by atoms with E-state index in [1.54, 1.807) is 13.0 Å². The summed E-state index contributed by atoms with van der Waals surface area (Å²) in [7, 11) is 0. The first-order valence-electron chi connectivity index (χ1n) is 7.97. The molecule has 1 aliphatic carbocycles. The van der Waals surface area contributed by atoms with Crippen LogP contribution in [0.3, 0.4) is 0 Å². The second kappa shape index (κ2) is 7.26. The van der Waals surface area contributed by atoms with Gasteiger partial charge in [-0.25, -0.2) is 0 Å². The Morgan fingerprint density at radius 2 is 2.08 bits per heavy atom. The van der Waals surface area contributed by atoms with Crippen molar-refractivity contribution in [3.63, 3.8) is 0 Å². The molecular weight excluding hydrogens is 342 g/mol. The zero-order valence-corrected chi connectivity index (χ0v) is 15.2. The Bertz CT molecular complexity index is 732. The Morgan fingerprint density at radius 3 is 2.64 bits per heavy atom. The van der Waals surface area contributed by atoms with Crippen molar-refractivity contribution in [3.8, 4) is 0 Å². The summed E-state index contributed by atoms with van der Waals surface area (Å²) in [6, 6.07) is 5.86. The molecule has 0 radical (unpaired) electrons. The van der Waals surface area contributed by atoms with Crippen molar-refractivity contribution < 1.29 is 14.5 Å². The monoisotopic (exact) mass is 363 g/mol. The zero-order valence-electron chi connectivity index (χ0n) is 14.4. The number of Topliss-reactive ketones (excluding diaryl/α,β-unsaturated/α-hetero) is 1. The molecule has 25 heavy (non-hydrogen) atoms. The van der Waals surface area contributed by atoms with Crippen molar-refractivity contribution in [2.45, 2.75) is 33.6 Å². The maximum atomic E-state index is 12.2. The fourth-order valence-electron chi connectivity index (χ4n) is 3.31. The Hall–Kier alpha value is -2.35. The number of nitro groups is 1. The van der Waals surface area contributed by atoms with E-state index in [1.165, 1.54) is 18.2 Å². The second-order valence-corrected chi connectivity index (χ2v) is 7.34. The van der Waals surface area contributed by atoms with Crippen LogP contribution in [0.2, 0.25) is 0 Å². The van der Waals surface area contributed by atoms with Crippen molar-refractivity contribution in [3.05, 3.63) is 34.4 Å². The molecule has 1 aliphatic rings. The minimum Gasteiger partial charge on any atom is -0.332 e. The summed E-state index contributed by atoms with van der Waals surface area (Å²) in [4.78, 5) is 34.0. The third-order valence-electron chi connectivity index (χ3n) is 4.96. The third-order valence-corrected chi connectivity index (χ3v) is 5.16. The lowest BCUT2D eigenvalue weighted by Crippen LogP contribution is -2.50. The van der Waals surface area contributed by atoms with Gasteiger partial charge in [-0.05, 0) is 43.0 Å². The maximum Gasteiger partial charge on any atom is 0.271 e. The van der Waals surface area contributed by atoms with Crippen LogP contribution in [0.4, 0.5) is 11.4 Å². The molecule has 1 amide bonds. The van der Waals surface area contributed by atoms with Gasteiger partial charge in [0.05, 0.1) is 4.92 Å². The van der Waals surface area contributed by atoms with E-state index in [9.17, 15) is 19.7 Å². The molecule has 2 atom stereocenters. The average molecular weight is 363 g/mol. The predicted octanol–water partition coefficient (Wildman–Crippen LogP) is 3.05. The third kappa shape index (κ3) is 4.39. The molecular formula is C17H21N3O4S. The van der Waals surface area contributed by atoms with E-state index in [2.05, 4.69) is 10.6 Å². The lowest BCUT2D eigenvalue weighted by molar-refractivity contribution is -0.384. The van der Waals surface area contributed by atoms with E-state index < -0.39 is 4.92 Å². The molecule has 1 fully saturated rings. The molecule has 0 unspecified atom stereocenters. The molecule has 134 valence electrons. The molecule has 0 saturated heterocycles. The van der Waals surface area contributed by atoms with Gasteiger partial charge in [0.1, 0.15) is 5.78 Å². The molecule has 0 aliphatic heterocycles. The molecule has 2 N–H and O–H groups in total. The van der Waals surface area contributed by atoms with Crippen LogP contribution in [-0.2, 0) is 9.59 Å². The largest absolute Gasteiger partial charge is 0.332 e. The maximum absolute atomic E-state index is 12.2. The molecule has 8 heteroatoms. The summed E-state index contributed by atoms with van der Waals surface area (Å²) in [5.74, 6) is 0.0507. The molecule has 0 spiro atoms. The topological polar surface area (TPSA) is 101 Å². The zero-order chi connectivity index (χ0) is 18.8. The number of nitro benzene ring substituents is 1. The van der Waals surface area contributed by atoms with Gasteiger partial charge in [0.15, 0.2) is 5.11 Å². The fourth-order valence-corrected chi connectivity index (χ4v) is 3.54.